The van der Waals surface area contributed by atoms with Gasteiger partial charge in [-0.1, -0.05) is 37.3 Å². The van der Waals surface area contributed by atoms with Crippen molar-refractivity contribution in [2.45, 2.75) is 32.1 Å². The molecular weight excluding hydrogens is 338 g/mol. The lowest BCUT2D eigenvalue weighted by Gasteiger charge is -2.30. The first kappa shape index (κ1) is 17.7. The molecule has 5 nitrogen and oxygen atoms in total. The van der Waals surface area contributed by atoms with Gasteiger partial charge >= 0.3 is 0 Å². The second kappa shape index (κ2) is 7.92. The molecule has 3 aromatic rings. The third-order valence-corrected chi connectivity index (χ3v) is 5.20. The molecule has 4 rings (SSSR count). The summed E-state index contributed by atoms with van der Waals surface area (Å²) in [6, 6.07) is 15.8. The normalized spacial score (nSPS) is 17.9. The molecule has 1 aliphatic heterocycles. The van der Waals surface area contributed by atoms with Gasteiger partial charge in [0.2, 0.25) is 5.91 Å². The number of aromatic nitrogens is 1. The summed E-state index contributed by atoms with van der Waals surface area (Å²) < 4.78 is 5.95. The Morgan fingerprint density at radius 2 is 2.04 bits per heavy atom. The van der Waals surface area contributed by atoms with Crippen molar-refractivity contribution in [2.24, 2.45) is 0 Å². The van der Waals surface area contributed by atoms with Crippen molar-refractivity contribution < 1.29 is 9.21 Å². The Kier molecular flexibility index (Phi) is 5.21. The van der Waals surface area contributed by atoms with Crippen molar-refractivity contribution in [1.29, 1.82) is 0 Å². The fraction of sp³-hybridized carbons (Fsp3) is 0.364. The Morgan fingerprint density at radius 3 is 2.89 bits per heavy atom. The number of fused-ring (bicyclic) bond motifs is 1. The smallest absolute Gasteiger partial charge is 0.238 e. The van der Waals surface area contributed by atoms with E-state index in [-0.39, 0.29) is 11.8 Å². The number of rotatable bonds is 5. The molecule has 2 aromatic carbocycles. The minimum Gasteiger partial charge on any atom is -0.440 e. The van der Waals surface area contributed by atoms with E-state index in [1.54, 1.807) is 0 Å². The topological polar surface area (TPSA) is 58.4 Å². The number of nitrogens with zero attached hydrogens (tertiary/aromatic N) is 2. The largest absolute Gasteiger partial charge is 0.440 e. The molecule has 0 aliphatic carbocycles. The van der Waals surface area contributed by atoms with Gasteiger partial charge in [-0.2, -0.15) is 0 Å². The molecular formula is C22H25N3O2. The van der Waals surface area contributed by atoms with Gasteiger partial charge in [-0.15, -0.1) is 0 Å². The summed E-state index contributed by atoms with van der Waals surface area (Å²) in [4.78, 5) is 19.4. The molecule has 1 aromatic heterocycles. The van der Waals surface area contributed by atoms with Crippen LogP contribution in [0.25, 0.3) is 11.1 Å². The second-order valence-electron chi connectivity index (χ2n) is 7.15. The maximum absolute atomic E-state index is 12.5. The van der Waals surface area contributed by atoms with Gasteiger partial charge in [-0.25, -0.2) is 4.98 Å². The molecule has 1 fully saturated rings. The van der Waals surface area contributed by atoms with Crippen LogP contribution in [0.5, 0.6) is 0 Å². The van der Waals surface area contributed by atoms with Gasteiger partial charge < -0.3 is 9.73 Å². The van der Waals surface area contributed by atoms with Crippen LogP contribution in [-0.2, 0) is 11.2 Å². The molecule has 0 bridgehead atoms. The average Bonchev–Trinajstić information content (AvgIpc) is 3.13. The molecule has 2 heterocycles. The summed E-state index contributed by atoms with van der Waals surface area (Å²) in [5.74, 6) is 1.06. The molecule has 0 radical (unpaired) electrons. The molecule has 1 unspecified atom stereocenters. The van der Waals surface area contributed by atoms with Crippen LogP contribution in [0.1, 0.15) is 37.1 Å². The van der Waals surface area contributed by atoms with E-state index in [9.17, 15) is 4.79 Å². The molecule has 5 heteroatoms. The predicted molar refractivity (Wildman–Crippen MR) is 107 cm³/mol. The minimum absolute atomic E-state index is 0.0362. The third-order valence-electron chi connectivity index (χ3n) is 5.20. The predicted octanol–water partition coefficient (Wildman–Crippen LogP) is 4.21. The number of para-hydroxylation sites is 3. The Bertz CT molecular complexity index is 901. The number of anilines is 1. The standard InChI is InChI=1S/C22H25N3O2/c1-2-16-8-3-4-10-18(16)23-21(26)15-25-13-7-9-17(14-25)22-24-19-11-5-6-12-20(19)27-22/h3-6,8,10-12,17H,2,7,9,13-15H2,1H3,(H,23,26). The lowest BCUT2D eigenvalue weighted by molar-refractivity contribution is -0.117. The quantitative estimate of drug-likeness (QED) is 0.738. The average molecular weight is 363 g/mol. The Labute approximate surface area is 159 Å². The zero-order valence-corrected chi connectivity index (χ0v) is 15.6. The monoisotopic (exact) mass is 363 g/mol. The van der Waals surface area contributed by atoms with Gasteiger partial charge in [-0.05, 0) is 49.6 Å². The summed E-state index contributed by atoms with van der Waals surface area (Å²) in [6.07, 6.45) is 2.99. The number of nitrogens with one attached hydrogen (secondary N) is 1. The number of oxazole rings is 1. The number of likely N-dealkylation sites (tertiary alicyclic amines) is 1. The molecule has 1 aliphatic rings. The fourth-order valence-corrected chi connectivity index (χ4v) is 3.81. The van der Waals surface area contributed by atoms with Gasteiger partial charge in [0.1, 0.15) is 5.52 Å². The van der Waals surface area contributed by atoms with Crippen molar-refractivity contribution in [3.63, 3.8) is 0 Å². The molecule has 0 spiro atoms. The fourth-order valence-electron chi connectivity index (χ4n) is 3.81. The van der Waals surface area contributed by atoms with E-state index >= 15 is 0 Å². The number of amides is 1. The second-order valence-corrected chi connectivity index (χ2v) is 7.15. The molecule has 1 atom stereocenters. The van der Waals surface area contributed by atoms with E-state index in [0.29, 0.717) is 6.54 Å². The number of hydrogen-bond donors (Lipinski definition) is 1. The van der Waals surface area contributed by atoms with Crippen molar-refractivity contribution in [3.8, 4) is 0 Å². The van der Waals surface area contributed by atoms with Gasteiger partial charge in [0, 0.05) is 18.2 Å². The van der Waals surface area contributed by atoms with Crippen molar-refractivity contribution >= 4 is 22.7 Å². The van der Waals surface area contributed by atoms with Gasteiger partial charge in [0.05, 0.1) is 6.54 Å². The number of hydrogen-bond acceptors (Lipinski definition) is 4. The zero-order valence-electron chi connectivity index (χ0n) is 15.6. The summed E-state index contributed by atoms with van der Waals surface area (Å²) in [5, 5.41) is 3.07. The van der Waals surface area contributed by atoms with Gasteiger partial charge in [0.15, 0.2) is 11.5 Å². The van der Waals surface area contributed by atoms with Crippen molar-refractivity contribution in [1.82, 2.24) is 9.88 Å². The summed E-state index contributed by atoms with van der Waals surface area (Å²) >= 11 is 0. The van der Waals surface area contributed by atoms with Crippen LogP contribution in [0.2, 0.25) is 0 Å². The van der Waals surface area contributed by atoms with Crippen LogP contribution in [-0.4, -0.2) is 35.4 Å². The molecule has 0 saturated carbocycles. The number of benzene rings is 2. The number of carbonyl (C=O) groups excluding carboxylic acids is 1. The highest BCUT2D eigenvalue weighted by molar-refractivity contribution is 5.93. The summed E-state index contributed by atoms with van der Waals surface area (Å²) in [6.45, 7) is 4.23. The number of carbonyl (C=O) groups is 1. The molecule has 1 amide bonds. The highest BCUT2D eigenvalue weighted by Gasteiger charge is 2.26. The molecule has 1 N–H and O–H groups in total. The molecule has 140 valence electrons. The van der Waals surface area contributed by atoms with Crippen LogP contribution in [0.15, 0.2) is 52.9 Å². The lowest BCUT2D eigenvalue weighted by Crippen LogP contribution is -2.39. The van der Waals surface area contributed by atoms with E-state index in [1.807, 2.05) is 42.5 Å². The molecule has 1 saturated heterocycles. The summed E-state index contributed by atoms with van der Waals surface area (Å²) in [5.41, 5.74) is 3.81. The van der Waals surface area contributed by atoms with E-state index < -0.39 is 0 Å². The first-order valence-electron chi connectivity index (χ1n) is 9.68. The number of piperidine rings is 1. The Hall–Kier alpha value is -2.66. The Morgan fingerprint density at radius 1 is 1.22 bits per heavy atom. The van der Waals surface area contributed by atoms with Crippen LogP contribution in [0.4, 0.5) is 5.69 Å². The van der Waals surface area contributed by atoms with E-state index in [1.165, 1.54) is 0 Å². The summed E-state index contributed by atoms with van der Waals surface area (Å²) in [7, 11) is 0. The highest BCUT2D eigenvalue weighted by Crippen LogP contribution is 2.29. The first-order valence-corrected chi connectivity index (χ1v) is 9.68. The minimum atomic E-state index is 0.0362. The molecule has 27 heavy (non-hydrogen) atoms. The zero-order chi connectivity index (χ0) is 18.6. The van der Waals surface area contributed by atoms with Gasteiger partial charge in [-0.3, -0.25) is 9.69 Å². The lowest BCUT2D eigenvalue weighted by atomic mass is 9.98. The van der Waals surface area contributed by atoms with Gasteiger partial charge in [0.25, 0.3) is 0 Å². The highest BCUT2D eigenvalue weighted by atomic mass is 16.3. The van der Waals surface area contributed by atoms with Crippen LogP contribution in [0, 0.1) is 0 Å². The van der Waals surface area contributed by atoms with E-state index in [0.717, 1.165) is 60.6 Å². The third kappa shape index (κ3) is 4.03. The number of aryl methyl sites for hydroxylation is 1. The Balaban J connectivity index is 1.40. The van der Waals surface area contributed by atoms with Crippen LogP contribution in [0.3, 0.4) is 0 Å². The van der Waals surface area contributed by atoms with Crippen LogP contribution < -0.4 is 5.32 Å². The van der Waals surface area contributed by atoms with Crippen molar-refractivity contribution in [3.05, 3.63) is 60.0 Å². The van der Waals surface area contributed by atoms with E-state index in [4.69, 9.17) is 4.42 Å². The maximum atomic E-state index is 12.5. The van der Waals surface area contributed by atoms with Crippen molar-refractivity contribution in [2.75, 3.05) is 25.0 Å². The van der Waals surface area contributed by atoms with Crippen LogP contribution >= 0.6 is 0 Å². The first-order chi connectivity index (χ1) is 13.2. The SMILES string of the molecule is CCc1ccccc1NC(=O)CN1CCCC(c2nc3ccccc3o2)C1. The maximum Gasteiger partial charge on any atom is 0.238 e. The van der Waals surface area contributed by atoms with E-state index in [2.05, 4.69) is 28.2 Å².